The Morgan fingerprint density at radius 2 is 1.95 bits per heavy atom. The summed E-state index contributed by atoms with van der Waals surface area (Å²) in [5.41, 5.74) is 7.57. The molecule has 0 heterocycles. The first-order valence-corrected chi connectivity index (χ1v) is 6.66. The van der Waals surface area contributed by atoms with Gasteiger partial charge in [0.1, 0.15) is 0 Å². The highest BCUT2D eigenvalue weighted by molar-refractivity contribution is 5.91. The molecule has 1 amide bonds. The molecule has 0 aromatic heterocycles. The Labute approximate surface area is 113 Å². The average Bonchev–Trinajstić information content (AvgIpc) is 2.78. The summed E-state index contributed by atoms with van der Waals surface area (Å²) in [6.45, 7) is 0. The Hall–Kier alpha value is -1.86. The molecule has 0 aliphatic heterocycles. The number of anilines is 1. The Morgan fingerprint density at radius 3 is 2.53 bits per heavy atom. The molecule has 0 atom stereocenters. The van der Waals surface area contributed by atoms with E-state index < -0.39 is 0 Å². The van der Waals surface area contributed by atoms with E-state index in [4.69, 9.17) is 11.0 Å². The van der Waals surface area contributed by atoms with Crippen molar-refractivity contribution in [2.24, 2.45) is 5.73 Å². The molecular weight excluding hydrogens is 238 g/mol. The van der Waals surface area contributed by atoms with Gasteiger partial charge in [-0.1, -0.05) is 25.0 Å². The molecule has 4 heteroatoms. The first-order chi connectivity index (χ1) is 9.11. The third kappa shape index (κ3) is 3.80. The third-order valence-corrected chi connectivity index (χ3v) is 3.63. The molecule has 2 rings (SSSR count). The maximum atomic E-state index is 11.9. The molecule has 100 valence electrons. The highest BCUT2D eigenvalue weighted by atomic mass is 16.1. The minimum atomic E-state index is -0.315. The summed E-state index contributed by atoms with van der Waals surface area (Å²) in [7, 11) is 0. The molecule has 0 saturated heterocycles. The second kappa shape index (κ2) is 5.85. The standard InChI is InChI=1S/C15H19N3O/c16-10-7-12-3-5-13(6-4-12)18-14(19)11-15(17)8-1-2-9-15/h3-6H,1-2,7-9,11,17H2,(H,18,19). The zero-order chi connectivity index (χ0) is 13.7. The van der Waals surface area contributed by atoms with E-state index in [-0.39, 0.29) is 11.4 Å². The summed E-state index contributed by atoms with van der Waals surface area (Å²) in [5, 5.41) is 11.5. The van der Waals surface area contributed by atoms with E-state index in [2.05, 4.69) is 11.4 Å². The van der Waals surface area contributed by atoms with Crippen molar-refractivity contribution in [3.63, 3.8) is 0 Å². The van der Waals surface area contributed by atoms with Crippen molar-refractivity contribution < 1.29 is 4.79 Å². The molecule has 1 aliphatic carbocycles. The number of hydrogen-bond donors (Lipinski definition) is 2. The molecule has 1 aromatic rings. The molecule has 0 spiro atoms. The molecular formula is C15H19N3O. The fourth-order valence-electron chi connectivity index (χ4n) is 2.58. The van der Waals surface area contributed by atoms with Gasteiger partial charge in [-0.25, -0.2) is 0 Å². The Bertz CT molecular complexity index is 481. The zero-order valence-corrected chi connectivity index (χ0v) is 11.0. The Kier molecular flexibility index (Phi) is 4.18. The Morgan fingerprint density at radius 1 is 1.32 bits per heavy atom. The van der Waals surface area contributed by atoms with Crippen LogP contribution in [0.1, 0.15) is 37.7 Å². The minimum Gasteiger partial charge on any atom is -0.326 e. The number of nitrogens with two attached hydrogens (primary N) is 1. The maximum Gasteiger partial charge on any atom is 0.226 e. The minimum absolute atomic E-state index is 0.0302. The molecule has 1 saturated carbocycles. The monoisotopic (exact) mass is 257 g/mol. The van der Waals surface area contributed by atoms with Crippen LogP contribution in [-0.4, -0.2) is 11.4 Å². The molecule has 1 fully saturated rings. The van der Waals surface area contributed by atoms with Gasteiger partial charge in [-0.05, 0) is 30.5 Å². The van der Waals surface area contributed by atoms with E-state index in [1.807, 2.05) is 24.3 Å². The van der Waals surface area contributed by atoms with Crippen LogP contribution in [-0.2, 0) is 11.2 Å². The zero-order valence-electron chi connectivity index (χ0n) is 11.0. The van der Waals surface area contributed by atoms with Gasteiger partial charge in [0, 0.05) is 17.6 Å². The molecule has 0 bridgehead atoms. The number of nitriles is 1. The summed E-state index contributed by atoms with van der Waals surface area (Å²) in [6, 6.07) is 9.44. The predicted octanol–water partition coefficient (Wildman–Crippen LogP) is 2.35. The largest absolute Gasteiger partial charge is 0.326 e. The topological polar surface area (TPSA) is 78.9 Å². The van der Waals surface area contributed by atoms with Gasteiger partial charge >= 0.3 is 0 Å². The van der Waals surface area contributed by atoms with Gasteiger partial charge in [-0.15, -0.1) is 0 Å². The smallest absolute Gasteiger partial charge is 0.226 e. The average molecular weight is 257 g/mol. The highest BCUT2D eigenvalue weighted by Gasteiger charge is 2.31. The van der Waals surface area contributed by atoms with Crippen molar-refractivity contribution >= 4 is 11.6 Å². The number of rotatable bonds is 4. The second-order valence-corrected chi connectivity index (χ2v) is 5.33. The van der Waals surface area contributed by atoms with Gasteiger partial charge in [0.05, 0.1) is 12.5 Å². The van der Waals surface area contributed by atoms with Crippen LogP contribution in [0.25, 0.3) is 0 Å². The van der Waals surface area contributed by atoms with Crippen molar-refractivity contribution in [1.29, 1.82) is 5.26 Å². The lowest BCUT2D eigenvalue weighted by molar-refractivity contribution is -0.117. The number of carbonyl (C=O) groups is 1. The van der Waals surface area contributed by atoms with Crippen LogP contribution >= 0.6 is 0 Å². The molecule has 1 aromatic carbocycles. The van der Waals surface area contributed by atoms with Crippen molar-refractivity contribution in [3.05, 3.63) is 29.8 Å². The predicted molar refractivity (Wildman–Crippen MR) is 74.4 cm³/mol. The lowest BCUT2D eigenvalue weighted by Gasteiger charge is -2.22. The van der Waals surface area contributed by atoms with E-state index in [1.165, 1.54) is 0 Å². The van der Waals surface area contributed by atoms with Crippen molar-refractivity contribution in [1.82, 2.24) is 0 Å². The van der Waals surface area contributed by atoms with Gasteiger partial charge in [0.15, 0.2) is 0 Å². The van der Waals surface area contributed by atoms with Crippen LogP contribution in [0.3, 0.4) is 0 Å². The second-order valence-electron chi connectivity index (χ2n) is 5.33. The summed E-state index contributed by atoms with van der Waals surface area (Å²) < 4.78 is 0. The fourth-order valence-corrected chi connectivity index (χ4v) is 2.58. The lowest BCUT2D eigenvalue weighted by atomic mass is 9.94. The third-order valence-electron chi connectivity index (χ3n) is 3.63. The first kappa shape index (κ1) is 13.6. The van der Waals surface area contributed by atoms with Gasteiger partial charge in [0.25, 0.3) is 0 Å². The van der Waals surface area contributed by atoms with Crippen molar-refractivity contribution in [2.75, 3.05) is 5.32 Å². The quantitative estimate of drug-likeness (QED) is 0.869. The molecule has 0 unspecified atom stereocenters. The van der Waals surface area contributed by atoms with E-state index in [0.29, 0.717) is 12.8 Å². The lowest BCUT2D eigenvalue weighted by Crippen LogP contribution is -2.40. The van der Waals surface area contributed by atoms with Gasteiger partial charge in [-0.2, -0.15) is 5.26 Å². The van der Waals surface area contributed by atoms with E-state index >= 15 is 0 Å². The van der Waals surface area contributed by atoms with Gasteiger partial charge in [-0.3, -0.25) is 4.79 Å². The van der Waals surface area contributed by atoms with Crippen LogP contribution in [0, 0.1) is 11.3 Å². The molecule has 3 N–H and O–H groups in total. The van der Waals surface area contributed by atoms with Crippen LogP contribution < -0.4 is 11.1 Å². The Balaban J connectivity index is 1.90. The van der Waals surface area contributed by atoms with Crippen molar-refractivity contribution in [3.8, 4) is 6.07 Å². The molecule has 0 radical (unpaired) electrons. The normalized spacial score (nSPS) is 16.8. The van der Waals surface area contributed by atoms with Gasteiger partial charge < -0.3 is 11.1 Å². The van der Waals surface area contributed by atoms with E-state index in [1.54, 1.807) is 0 Å². The number of carbonyl (C=O) groups excluding carboxylic acids is 1. The maximum absolute atomic E-state index is 11.9. The van der Waals surface area contributed by atoms with Crippen LogP contribution in [0.5, 0.6) is 0 Å². The summed E-state index contributed by atoms with van der Waals surface area (Å²) in [4.78, 5) is 11.9. The summed E-state index contributed by atoms with van der Waals surface area (Å²) in [6.07, 6.45) is 4.87. The number of benzene rings is 1. The molecule has 1 aliphatic rings. The number of amides is 1. The SMILES string of the molecule is N#CCc1ccc(NC(=O)CC2(N)CCCC2)cc1. The number of nitrogens with zero attached hydrogens (tertiary/aromatic N) is 1. The summed E-state index contributed by atoms with van der Waals surface area (Å²) in [5.74, 6) is -0.0302. The van der Waals surface area contributed by atoms with Crippen LogP contribution in [0.2, 0.25) is 0 Å². The summed E-state index contributed by atoms with van der Waals surface area (Å²) >= 11 is 0. The van der Waals surface area contributed by atoms with Crippen LogP contribution in [0.15, 0.2) is 24.3 Å². The number of hydrogen-bond acceptors (Lipinski definition) is 3. The molecule has 4 nitrogen and oxygen atoms in total. The molecule has 19 heavy (non-hydrogen) atoms. The fraction of sp³-hybridized carbons (Fsp3) is 0.467. The van der Waals surface area contributed by atoms with E-state index in [0.717, 1.165) is 36.9 Å². The first-order valence-electron chi connectivity index (χ1n) is 6.66. The van der Waals surface area contributed by atoms with E-state index in [9.17, 15) is 4.79 Å². The number of nitrogens with one attached hydrogen (secondary N) is 1. The highest BCUT2D eigenvalue weighted by Crippen LogP contribution is 2.30. The van der Waals surface area contributed by atoms with Crippen LogP contribution in [0.4, 0.5) is 5.69 Å². The van der Waals surface area contributed by atoms with Gasteiger partial charge in [0.2, 0.25) is 5.91 Å². The van der Waals surface area contributed by atoms with Crippen molar-refractivity contribution in [2.45, 2.75) is 44.1 Å².